The van der Waals surface area contributed by atoms with Crippen LogP contribution in [0.1, 0.15) is 39.4 Å². The molecule has 0 radical (unpaired) electrons. The van der Waals surface area contributed by atoms with Crippen LogP contribution in [-0.2, 0) is 6.42 Å². The Labute approximate surface area is 123 Å². The largest absolute Gasteiger partial charge is 0.313 e. The number of likely N-dealkylation sites (N-methyl/N-ethyl adjacent to an activating group) is 1. The van der Waals surface area contributed by atoms with E-state index in [1.54, 1.807) is 0 Å². The van der Waals surface area contributed by atoms with Gasteiger partial charge < -0.3 is 5.32 Å². The molecule has 0 aliphatic carbocycles. The SMILES string of the molecule is CNC(Cc1ccccc1C)c1cc(C)c(C)cc1C. The summed E-state index contributed by atoms with van der Waals surface area (Å²) in [4.78, 5) is 0. The lowest BCUT2D eigenvalue weighted by Crippen LogP contribution is -2.20. The fourth-order valence-electron chi connectivity index (χ4n) is 2.78. The van der Waals surface area contributed by atoms with Crippen molar-refractivity contribution < 1.29 is 0 Å². The number of benzene rings is 2. The van der Waals surface area contributed by atoms with E-state index < -0.39 is 0 Å². The molecule has 2 aromatic carbocycles. The van der Waals surface area contributed by atoms with Gasteiger partial charge in [-0.1, -0.05) is 36.4 Å². The minimum absolute atomic E-state index is 0.371. The van der Waals surface area contributed by atoms with Crippen molar-refractivity contribution in [3.05, 3.63) is 69.8 Å². The van der Waals surface area contributed by atoms with Gasteiger partial charge >= 0.3 is 0 Å². The zero-order chi connectivity index (χ0) is 14.7. The number of aryl methyl sites for hydroxylation is 4. The van der Waals surface area contributed by atoms with E-state index in [-0.39, 0.29) is 0 Å². The van der Waals surface area contributed by atoms with Crippen LogP contribution >= 0.6 is 0 Å². The van der Waals surface area contributed by atoms with Crippen LogP contribution in [-0.4, -0.2) is 7.05 Å². The van der Waals surface area contributed by atoms with Gasteiger partial charge in [0, 0.05) is 6.04 Å². The smallest absolute Gasteiger partial charge is 0.0361 e. The Balaban J connectivity index is 2.34. The maximum atomic E-state index is 3.48. The summed E-state index contributed by atoms with van der Waals surface area (Å²) in [5, 5.41) is 3.48. The Hall–Kier alpha value is -1.60. The van der Waals surface area contributed by atoms with Crippen LogP contribution in [0.2, 0.25) is 0 Å². The summed E-state index contributed by atoms with van der Waals surface area (Å²) in [7, 11) is 2.05. The maximum Gasteiger partial charge on any atom is 0.0361 e. The average Bonchev–Trinajstić information content (AvgIpc) is 2.42. The molecule has 0 bridgehead atoms. The third kappa shape index (κ3) is 3.10. The van der Waals surface area contributed by atoms with Crippen LogP contribution in [0.25, 0.3) is 0 Å². The average molecular weight is 267 g/mol. The van der Waals surface area contributed by atoms with Crippen LogP contribution in [0, 0.1) is 27.7 Å². The van der Waals surface area contributed by atoms with Crippen molar-refractivity contribution in [3.8, 4) is 0 Å². The molecule has 0 spiro atoms. The number of rotatable bonds is 4. The van der Waals surface area contributed by atoms with E-state index in [2.05, 4.69) is 76.5 Å². The van der Waals surface area contributed by atoms with Gasteiger partial charge in [-0.15, -0.1) is 0 Å². The molecule has 0 heterocycles. The van der Waals surface area contributed by atoms with Crippen molar-refractivity contribution >= 4 is 0 Å². The third-order valence-electron chi connectivity index (χ3n) is 4.29. The molecule has 0 aliphatic rings. The predicted octanol–water partition coefficient (Wildman–Crippen LogP) is 4.42. The van der Waals surface area contributed by atoms with Crippen molar-refractivity contribution in [3.63, 3.8) is 0 Å². The standard InChI is InChI=1S/C19H25N/c1-13-8-6-7-9-17(13)12-19(20-5)18-11-15(3)14(2)10-16(18)4/h6-11,19-20H,12H2,1-5H3. The molecule has 0 saturated heterocycles. The first-order valence-corrected chi connectivity index (χ1v) is 7.32. The van der Waals surface area contributed by atoms with Crippen molar-refractivity contribution in [2.45, 2.75) is 40.2 Å². The minimum Gasteiger partial charge on any atom is -0.313 e. The molecular weight excluding hydrogens is 242 g/mol. The third-order valence-corrected chi connectivity index (χ3v) is 4.29. The molecule has 2 aromatic rings. The Kier molecular flexibility index (Phi) is 4.61. The monoisotopic (exact) mass is 267 g/mol. The zero-order valence-corrected chi connectivity index (χ0v) is 13.2. The molecule has 0 aliphatic heterocycles. The molecule has 20 heavy (non-hydrogen) atoms. The molecule has 106 valence electrons. The molecular formula is C19H25N. The number of hydrogen-bond donors (Lipinski definition) is 1. The number of hydrogen-bond acceptors (Lipinski definition) is 1. The van der Waals surface area contributed by atoms with E-state index in [0.29, 0.717) is 6.04 Å². The minimum atomic E-state index is 0.371. The highest BCUT2D eigenvalue weighted by Crippen LogP contribution is 2.25. The summed E-state index contributed by atoms with van der Waals surface area (Å²) in [6.07, 6.45) is 1.03. The van der Waals surface area contributed by atoms with Gasteiger partial charge in [-0.25, -0.2) is 0 Å². The summed E-state index contributed by atoms with van der Waals surface area (Å²) in [6.45, 7) is 8.78. The first-order chi connectivity index (χ1) is 9.52. The van der Waals surface area contributed by atoms with E-state index in [1.807, 2.05) is 0 Å². The molecule has 1 atom stereocenters. The summed E-state index contributed by atoms with van der Waals surface area (Å²) in [6, 6.07) is 13.7. The Morgan fingerprint density at radius 3 is 2.15 bits per heavy atom. The van der Waals surface area contributed by atoms with Crippen LogP contribution < -0.4 is 5.32 Å². The predicted molar refractivity (Wildman–Crippen MR) is 87.3 cm³/mol. The number of nitrogens with one attached hydrogen (secondary N) is 1. The summed E-state index contributed by atoms with van der Waals surface area (Å²) < 4.78 is 0. The van der Waals surface area contributed by atoms with Crippen LogP contribution in [0.5, 0.6) is 0 Å². The van der Waals surface area contributed by atoms with E-state index in [0.717, 1.165) is 6.42 Å². The molecule has 1 N–H and O–H groups in total. The highest BCUT2D eigenvalue weighted by molar-refractivity contribution is 5.39. The normalized spacial score (nSPS) is 12.4. The van der Waals surface area contributed by atoms with Crippen molar-refractivity contribution in [1.29, 1.82) is 0 Å². The zero-order valence-electron chi connectivity index (χ0n) is 13.2. The second-order valence-electron chi connectivity index (χ2n) is 5.76. The highest BCUT2D eigenvalue weighted by atomic mass is 14.9. The van der Waals surface area contributed by atoms with E-state index in [1.165, 1.54) is 33.4 Å². The topological polar surface area (TPSA) is 12.0 Å². The van der Waals surface area contributed by atoms with Gasteiger partial charge in [0.05, 0.1) is 0 Å². The second-order valence-corrected chi connectivity index (χ2v) is 5.76. The Morgan fingerprint density at radius 2 is 1.50 bits per heavy atom. The van der Waals surface area contributed by atoms with Crippen molar-refractivity contribution in [1.82, 2.24) is 5.32 Å². The van der Waals surface area contributed by atoms with Crippen LogP contribution in [0.4, 0.5) is 0 Å². The lowest BCUT2D eigenvalue weighted by Gasteiger charge is -2.21. The molecule has 1 heteroatoms. The van der Waals surface area contributed by atoms with Gasteiger partial charge in [-0.05, 0) is 74.5 Å². The van der Waals surface area contributed by atoms with Crippen LogP contribution in [0.15, 0.2) is 36.4 Å². The molecule has 0 amide bonds. The lowest BCUT2D eigenvalue weighted by atomic mass is 9.91. The molecule has 0 aromatic heterocycles. The molecule has 1 nitrogen and oxygen atoms in total. The van der Waals surface area contributed by atoms with E-state index >= 15 is 0 Å². The summed E-state index contributed by atoms with van der Waals surface area (Å²) in [5.74, 6) is 0. The van der Waals surface area contributed by atoms with Gasteiger partial charge in [-0.2, -0.15) is 0 Å². The summed E-state index contributed by atoms with van der Waals surface area (Å²) in [5.41, 5.74) is 8.33. The Morgan fingerprint density at radius 1 is 0.850 bits per heavy atom. The first-order valence-electron chi connectivity index (χ1n) is 7.32. The Bertz CT molecular complexity index is 599. The fourth-order valence-corrected chi connectivity index (χ4v) is 2.78. The van der Waals surface area contributed by atoms with Crippen molar-refractivity contribution in [2.24, 2.45) is 0 Å². The highest BCUT2D eigenvalue weighted by Gasteiger charge is 2.14. The van der Waals surface area contributed by atoms with Crippen molar-refractivity contribution in [2.75, 3.05) is 7.05 Å². The summed E-state index contributed by atoms with van der Waals surface area (Å²) >= 11 is 0. The van der Waals surface area contributed by atoms with Gasteiger partial charge in [-0.3, -0.25) is 0 Å². The quantitative estimate of drug-likeness (QED) is 0.864. The first kappa shape index (κ1) is 14.8. The molecule has 1 unspecified atom stereocenters. The fraction of sp³-hybridized carbons (Fsp3) is 0.368. The van der Waals surface area contributed by atoms with Gasteiger partial charge in [0.25, 0.3) is 0 Å². The lowest BCUT2D eigenvalue weighted by molar-refractivity contribution is 0.587. The van der Waals surface area contributed by atoms with E-state index in [4.69, 9.17) is 0 Å². The maximum absolute atomic E-state index is 3.48. The molecule has 2 rings (SSSR count). The molecule has 0 fully saturated rings. The van der Waals surface area contributed by atoms with E-state index in [9.17, 15) is 0 Å². The molecule has 0 saturated carbocycles. The van der Waals surface area contributed by atoms with Gasteiger partial charge in [0.15, 0.2) is 0 Å². The van der Waals surface area contributed by atoms with Crippen LogP contribution in [0.3, 0.4) is 0 Å². The second kappa shape index (κ2) is 6.23. The van der Waals surface area contributed by atoms with Gasteiger partial charge in [0.2, 0.25) is 0 Å². The van der Waals surface area contributed by atoms with Gasteiger partial charge in [0.1, 0.15) is 0 Å².